The summed E-state index contributed by atoms with van der Waals surface area (Å²) in [6.45, 7) is 0.704. The molecule has 2 aromatic heterocycles. The number of ether oxygens (including phenoxy) is 3. The Bertz CT molecular complexity index is 1550. The molecule has 168 valence electrons. The molecule has 0 aliphatic carbocycles. The van der Waals surface area contributed by atoms with Gasteiger partial charge >= 0.3 is 5.97 Å². The quantitative estimate of drug-likeness (QED) is 0.397. The molecule has 0 fully saturated rings. The van der Waals surface area contributed by atoms with Gasteiger partial charge in [0.05, 0.1) is 17.6 Å². The van der Waals surface area contributed by atoms with Gasteiger partial charge in [-0.2, -0.15) is 0 Å². The number of anilines is 1. The lowest BCUT2D eigenvalue weighted by atomic mass is 10.2. The van der Waals surface area contributed by atoms with Crippen molar-refractivity contribution < 1.29 is 19.0 Å². The average Bonchev–Trinajstić information content (AvgIpc) is 3.44. The first-order chi connectivity index (χ1) is 16.7. The largest absolute Gasteiger partial charge is 0.457 e. The predicted octanol–water partition coefficient (Wildman–Crippen LogP) is 4.30. The van der Waals surface area contributed by atoms with Crippen LogP contribution in [0.3, 0.4) is 0 Å². The van der Waals surface area contributed by atoms with Crippen molar-refractivity contribution in [3.8, 4) is 11.5 Å². The summed E-state index contributed by atoms with van der Waals surface area (Å²) in [6.07, 6.45) is 0. The number of benzene rings is 3. The van der Waals surface area contributed by atoms with Gasteiger partial charge in [-0.1, -0.05) is 48.5 Å². The summed E-state index contributed by atoms with van der Waals surface area (Å²) < 4.78 is 18.3. The van der Waals surface area contributed by atoms with Crippen LogP contribution in [0.5, 0.6) is 11.5 Å². The van der Waals surface area contributed by atoms with Gasteiger partial charge in [-0.25, -0.2) is 14.8 Å². The predicted molar refractivity (Wildman–Crippen MR) is 127 cm³/mol. The highest BCUT2D eigenvalue weighted by molar-refractivity contribution is 6.08. The molecule has 0 amide bonds. The van der Waals surface area contributed by atoms with E-state index in [2.05, 4.69) is 0 Å². The Balaban J connectivity index is 1.44. The van der Waals surface area contributed by atoms with Gasteiger partial charge in [-0.05, 0) is 35.4 Å². The van der Waals surface area contributed by atoms with Crippen LogP contribution in [-0.2, 0) is 17.9 Å². The summed E-state index contributed by atoms with van der Waals surface area (Å²) in [5.74, 6) is 1.08. The van der Waals surface area contributed by atoms with Gasteiger partial charge in [0.1, 0.15) is 23.5 Å². The second kappa shape index (κ2) is 8.08. The van der Waals surface area contributed by atoms with Crippen LogP contribution >= 0.6 is 0 Å². The molecule has 34 heavy (non-hydrogen) atoms. The molecular formula is C26H20N4O4. The maximum Gasteiger partial charge on any atom is 0.344 e. The molecule has 0 saturated carbocycles. The van der Waals surface area contributed by atoms with Crippen molar-refractivity contribution in [2.45, 2.75) is 13.2 Å². The number of hydrogen-bond donors (Lipinski definition) is 1. The molecule has 0 spiro atoms. The highest BCUT2D eigenvalue weighted by atomic mass is 16.7. The number of carbonyl (C=O) groups is 1. The van der Waals surface area contributed by atoms with Gasteiger partial charge < -0.3 is 24.5 Å². The summed E-state index contributed by atoms with van der Waals surface area (Å²) in [5, 5.41) is 0. The van der Waals surface area contributed by atoms with E-state index >= 15 is 0 Å². The third kappa shape index (κ3) is 3.45. The number of carbonyl (C=O) groups excluding carboxylic acids is 1. The minimum atomic E-state index is -0.541. The molecule has 8 heteroatoms. The summed E-state index contributed by atoms with van der Waals surface area (Å²) in [4.78, 5) is 22.7. The van der Waals surface area contributed by atoms with Crippen LogP contribution in [-0.4, -0.2) is 27.3 Å². The topological polar surface area (TPSA) is 101 Å². The van der Waals surface area contributed by atoms with E-state index in [1.165, 1.54) is 0 Å². The Morgan fingerprint density at radius 1 is 0.912 bits per heavy atom. The van der Waals surface area contributed by atoms with Gasteiger partial charge in [0.15, 0.2) is 17.1 Å². The van der Waals surface area contributed by atoms with E-state index < -0.39 is 5.97 Å². The van der Waals surface area contributed by atoms with Crippen LogP contribution in [0.4, 0.5) is 5.82 Å². The Morgan fingerprint density at radius 3 is 2.47 bits per heavy atom. The molecule has 8 nitrogen and oxygen atoms in total. The van der Waals surface area contributed by atoms with Crippen LogP contribution in [0, 0.1) is 0 Å². The number of esters is 1. The summed E-state index contributed by atoms with van der Waals surface area (Å²) in [7, 11) is 0. The maximum atomic E-state index is 13.2. The van der Waals surface area contributed by atoms with Crippen LogP contribution < -0.4 is 15.2 Å². The van der Waals surface area contributed by atoms with Crippen LogP contribution in [0.25, 0.3) is 22.2 Å². The number of para-hydroxylation sites is 2. The van der Waals surface area contributed by atoms with Gasteiger partial charge in [0, 0.05) is 0 Å². The molecule has 0 atom stereocenters. The summed E-state index contributed by atoms with van der Waals surface area (Å²) in [6, 6.07) is 22.7. The Hall–Kier alpha value is -4.59. The minimum Gasteiger partial charge on any atom is -0.457 e. The van der Waals surface area contributed by atoms with E-state index in [1.54, 1.807) is 4.57 Å². The first-order valence-electron chi connectivity index (χ1n) is 10.8. The van der Waals surface area contributed by atoms with Crippen LogP contribution in [0.2, 0.25) is 0 Å². The number of hydrogen-bond acceptors (Lipinski definition) is 7. The molecule has 2 N–H and O–H groups in total. The van der Waals surface area contributed by atoms with E-state index in [-0.39, 0.29) is 24.8 Å². The van der Waals surface area contributed by atoms with E-state index in [9.17, 15) is 4.79 Å². The van der Waals surface area contributed by atoms with Crippen molar-refractivity contribution in [3.05, 3.63) is 89.5 Å². The smallest absolute Gasteiger partial charge is 0.344 e. The molecule has 1 aliphatic heterocycles. The highest BCUT2D eigenvalue weighted by Gasteiger charge is 2.26. The monoisotopic (exact) mass is 452 g/mol. The molecule has 6 rings (SSSR count). The minimum absolute atomic E-state index is 0.134. The van der Waals surface area contributed by atoms with Crippen molar-refractivity contribution in [1.29, 1.82) is 0 Å². The number of nitrogens with two attached hydrogens (primary N) is 1. The molecule has 5 aromatic rings. The normalized spacial score (nSPS) is 12.4. The second-order valence-electron chi connectivity index (χ2n) is 7.98. The van der Waals surface area contributed by atoms with Crippen LogP contribution in [0.15, 0.2) is 72.8 Å². The van der Waals surface area contributed by atoms with Crippen molar-refractivity contribution in [2.24, 2.45) is 0 Å². The number of fused-ring (bicyclic) bond motifs is 3. The molecule has 0 saturated heterocycles. The summed E-state index contributed by atoms with van der Waals surface area (Å²) >= 11 is 0. The maximum absolute atomic E-state index is 13.2. The van der Waals surface area contributed by atoms with Crippen molar-refractivity contribution in [2.75, 3.05) is 12.5 Å². The first-order valence-corrected chi connectivity index (χ1v) is 10.8. The molecule has 3 heterocycles. The standard InChI is InChI=1S/C26H20N4O4/c27-24-22(26(31)32-14-16-6-2-1-3-7-16)23-25(29-19-9-5-4-8-18(19)28-23)30(24)13-17-10-11-20-21(12-17)34-15-33-20/h1-12H,13-15,27H2. The van der Waals surface area contributed by atoms with Gasteiger partial charge in [0.25, 0.3) is 0 Å². The molecule has 3 aromatic carbocycles. The number of rotatable bonds is 5. The lowest BCUT2D eigenvalue weighted by Crippen LogP contribution is -2.10. The molecule has 0 unspecified atom stereocenters. The average molecular weight is 452 g/mol. The lowest BCUT2D eigenvalue weighted by molar-refractivity contribution is 0.0476. The SMILES string of the molecule is Nc1c(C(=O)OCc2ccccc2)c2nc3ccccc3nc2n1Cc1ccc2c(c1)OCO2. The molecule has 0 radical (unpaired) electrons. The van der Waals surface area contributed by atoms with Gasteiger partial charge in [-0.3, -0.25) is 0 Å². The van der Waals surface area contributed by atoms with E-state index in [4.69, 9.17) is 29.9 Å². The third-order valence-corrected chi connectivity index (χ3v) is 5.79. The van der Waals surface area contributed by atoms with Crippen molar-refractivity contribution in [3.63, 3.8) is 0 Å². The van der Waals surface area contributed by atoms with Gasteiger partial charge in [-0.15, -0.1) is 0 Å². The zero-order chi connectivity index (χ0) is 23.1. The van der Waals surface area contributed by atoms with E-state index in [1.807, 2.05) is 72.8 Å². The van der Waals surface area contributed by atoms with E-state index in [0.717, 1.165) is 11.1 Å². The molecule has 0 bridgehead atoms. The fraction of sp³-hybridized carbons (Fsp3) is 0.115. The van der Waals surface area contributed by atoms with Crippen LogP contribution in [0.1, 0.15) is 21.5 Å². The molecule has 1 aliphatic rings. The zero-order valence-electron chi connectivity index (χ0n) is 18.1. The van der Waals surface area contributed by atoms with Crippen molar-refractivity contribution >= 4 is 34.0 Å². The Morgan fingerprint density at radius 2 is 1.65 bits per heavy atom. The first kappa shape index (κ1) is 20.0. The fourth-order valence-corrected chi connectivity index (χ4v) is 4.10. The summed E-state index contributed by atoms with van der Waals surface area (Å²) in [5.41, 5.74) is 10.9. The van der Waals surface area contributed by atoms with Crippen molar-refractivity contribution in [1.82, 2.24) is 14.5 Å². The van der Waals surface area contributed by atoms with E-state index in [0.29, 0.717) is 40.2 Å². The molecular weight excluding hydrogens is 432 g/mol. The Kier molecular flexibility index (Phi) is 4.76. The second-order valence-corrected chi connectivity index (χ2v) is 7.98. The zero-order valence-corrected chi connectivity index (χ0v) is 18.1. The fourth-order valence-electron chi connectivity index (χ4n) is 4.10. The highest BCUT2D eigenvalue weighted by Crippen LogP contribution is 2.34. The Labute approximate surface area is 194 Å². The third-order valence-electron chi connectivity index (χ3n) is 5.79. The number of nitrogen functional groups attached to an aromatic ring is 1. The number of nitrogens with zero attached hydrogens (tertiary/aromatic N) is 3. The number of aromatic nitrogens is 3. The van der Waals surface area contributed by atoms with Gasteiger partial charge in [0.2, 0.25) is 6.79 Å². The lowest BCUT2D eigenvalue weighted by Gasteiger charge is -2.09.